The van der Waals surface area contributed by atoms with Gasteiger partial charge in [0, 0.05) is 0 Å². The molecule has 0 N–H and O–H groups in total. The van der Waals surface area contributed by atoms with Gasteiger partial charge in [-0.25, -0.2) is 4.90 Å². The molecule has 0 radical (unpaired) electrons. The van der Waals surface area contributed by atoms with E-state index in [9.17, 15) is 9.59 Å². The molecular weight excluding hydrogens is 322 g/mol. The van der Waals surface area contributed by atoms with Crippen LogP contribution >= 0.6 is 11.8 Å². The quantitative estimate of drug-likeness (QED) is 0.762. The predicted molar refractivity (Wildman–Crippen MR) is 97.2 cm³/mol. The van der Waals surface area contributed by atoms with Crippen LogP contribution in [-0.4, -0.2) is 17.8 Å². The first kappa shape index (κ1) is 16.3. The molecule has 0 saturated carbocycles. The summed E-state index contributed by atoms with van der Waals surface area (Å²) in [6.45, 7) is 4.32. The van der Waals surface area contributed by atoms with Crippen molar-refractivity contribution in [2.75, 3.05) is 11.5 Å². The van der Waals surface area contributed by atoms with Gasteiger partial charge < -0.3 is 4.74 Å². The van der Waals surface area contributed by atoms with Gasteiger partial charge in [0.05, 0.1) is 17.2 Å². The van der Waals surface area contributed by atoms with E-state index in [4.69, 9.17) is 4.74 Å². The first-order valence-electron chi connectivity index (χ1n) is 7.66. The fourth-order valence-electron chi connectivity index (χ4n) is 2.51. The van der Waals surface area contributed by atoms with Crippen molar-refractivity contribution >= 4 is 34.7 Å². The Morgan fingerprint density at radius 2 is 1.92 bits per heavy atom. The summed E-state index contributed by atoms with van der Waals surface area (Å²) in [7, 11) is 0. The molecule has 0 spiro atoms. The summed E-state index contributed by atoms with van der Waals surface area (Å²) in [4.78, 5) is 26.7. The van der Waals surface area contributed by atoms with Crippen LogP contribution < -0.4 is 9.64 Å². The number of anilines is 1. The second kappa shape index (κ2) is 6.93. The van der Waals surface area contributed by atoms with Crippen LogP contribution in [0.1, 0.15) is 18.1 Å². The highest BCUT2D eigenvalue weighted by atomic mass is 32.2. The Hall–Kier alpha value is -2.53. The zero-order chi connectivity index (χ0) is 17.1. The summed E-state index contributed by atoms with van der Waals surface area (Å²) >= 11 is 0.947. The van der Waals surface area contributed by atoms with Crippen LogP contribution in [-0.2, 0) is 4.79 Å². The second-order valence-corrected chi connectivity index (χ2v) is 6.33. The number of amides is 2. The van der Waals surface area contributed by atoms with E-state index in [1.165, 1.54) is 4.90 Å². The number of aryl methyl sites for hydroxylation is 1. The molecule has 5 heteroatoms. The topological polar surface area (TPSA) is 46.6 Å². The first-order chi connectivity index (χ1) is 11.6. The van der Waals surface area contributed by atoms with Gasteiger partial charge >= 0.3 is 0 Å². The van der Waals surface area contributed by atoms with Crippen molar-refractivity contribution in [2.24, 2.45) is 0 Å². The summed E-state index contributed by atoms with van der Waals surface area (Å²) in [5.41, 5.74) is 2.48. The number of carbonyl (C=O) groups is 2. The largest absolute Gasteiger partial charge is 0.492 e. The fourth-order valence-corrected chi connectivity index (χ4v) is 3.34. The zero-order valence-corrected chi connectivity index (χ0v) is 14.3. The highest BCUT2D eigenvalue weighted by molar-refractivity contribution is 8.19. The highest BCUT2D eigenvalue weighted by Gasteiger charge is 2.37. The van der Waals surface area contributed by atoms with Gasteiger partial charge in [0.2, 0.25) is 0 Å². The van der Waals surface area contributed by atoms with Crippen LogP contribution in [0.4, 0.5) is 10.5 Å². The number of para-hydroxylation sites is 2. The number of nitrogens with zero attached hydrogens (tertiary/aromatic N) is 1. The van der Waals surface area contributed by atoms with E-state index in [1.54, 1.807) is 24.3 Å². The number of thioether (sulfide) groups is 1. The lowest BCUT2D eigenvalue weighted by molar-refractivity contribution is -0.113. The number of hydrogen-bond acceptors (Lipinski definition) is 4. The van der Waals surface area contributed by atoms with Crippen molar-refractivity contribution in [3.05, 3.63) is 64.6 Å². The van der Waals surface area contributed by atoms with Crippen LogP contribution in [0.15, 0.2) is 53.4 Å². The molecule has 0 aromatic heterocycles. The molecule has 1 aliphatic heterocycles. The van der Waals surface area contributed by atoms with E-state index in [1.807, 2.05) is 44.2 Å². The average molecular weight is 339 g/mol. The van der Waals surface area contributed by atoms with Gasteiger partial charge in [-0.15, -0.1) is 0 Å². The third-order valence-corrected chi connectivity index (χ3v) is 4.41. The van der Waals surface area contributed by atoms with Crippen LogP contribution in [0.3, 0.4) is 0 Å². The molecule has 1 fully saturated rings. The van der Waals surface area contributed by atoms with Gasteiger partial charge in [0.15, 0.2) is 0 Å². The summed E-state index contributed by atoms with van der Waals surface area (Å²) in [6.07, 6.45) is 1.75. The van der Waals surface area contributed by atoms with Crippen molar-refractivity contribution in [2.45, 2.75) is 13.8 Å². The number of hydrogen-bond donors (Lipinski definition) is 0. The molecule has 122 valence electrons. The minimum absolute atomic E-state index is 0.314. The summed E-state index contributed by atoms with van der Waals surface area (Å²) in [6, 6.07) is 14.9. The number of rotatable bonds is 4. The van der Waals surface area contributed by atoms with E-state index in [0.29, 0.717) is 22.9 Å². The predicted octanol–water partition coefficient (Wildman–Crippen LogP) is 4.63. The molecule has 0 unspecified atom stereocenters. The molecule has 0 bridgehead atoms. The maximum Gasteiger partial charge on any atom is 0.298 e. The lowest BCUT2D eigenvalue weighted by Gasteiger charge is -2.16. The number of ether oxygens (including phenoxy) is 1. The van der Waals surface area contributed by atoms with Gasteiger partial charge in [-0.2, -0.15) is 0 Å². The van der Waals surface area contributed by atoms with Crippen molar-refractivity contribution in [1.29, 1.82) is 0 Å². The van der Waals surface area contributed by atoms with Crippen molar-refractivity contribution in [1.82, 2.24) is 0 Å². The van der Waals surface area contributed by atoms with Gasteiger partial charge in [0.25, 0.3) is 11.1 Å². The Morgan fingerprint density at radius 1 is 1.12 bits per heavy atom. The molecule has 1 aliphatic rings. The van der Waals surface area contributed by atoms with E-state index in [0.717, 1.165) is 22.9 Å². The summed E-state index contributed by atoms with van der Waals surface area (Å²) in [5.74, 6) is 0.206. The summed E-state index contributed by atoms with van der Waals surface area (Å²) in [5, 5.41) is -0.314. The number of imide groups is 1. The van der Waals surface area contributed by atoms with Gasteiger partial charge in [-0.05, 0) is 49.4 Å². The Labute approximate surface area is 145 Å². The molecule has 24 heavy (non-hydrogen) atoms. The van der Waals surface area contributed by atoms with Crippen LogP contribution in [0.25, 0.3) is 6.08 Å². The molecule has 1 saturated heterocycles. The Morgan fingerprint density at radius 3 is 2.67 bits per heavy atom. The minimum atomic E-state index is -0.321. The van der Waals surface area contributed by atoms with Crippen LogP contribution in [0, 0.1) is 6.92 Å². The van der Waals surface area contributed by atoms with E-state index >= 15 is 0 Å². The van der Waals surface area contributed by atoms with Crippen LogP contribution in [0.2, 0.25) is 0 Å². The van der Waals surface area contributed by atoms with E-state index in [-0.39, 0.29) is 11.1 Å². The van der Waals surface area contributed by atoms with Crippen molar-refractivity contribution < 1.29 is 14.3 Å². The number of carbonyl (C=O) groups excluding carboxylic acids is 2. The number of benzene rings is 2. The third kappa shape index (κ3) is 3.21. The van der Waals surface area contributed by atoms with Gasteiger partial charge in [0.1, 0.15) is 5.75 Å². The van der Waals surface area contributed by atoms with Crippen molar-refractivity contribution in [3.8, 4) is 5.75 Å². The Kier molecular flexibility index (Phi) is 4.71. The maximum absolute atomic E-state index is 12.7. The van der Waals surface area contributed by atoms with Crippen LogP contribution in [0.5, 0.6) is 5.75 Å². The standard InChI is InChI=1S/C19H17NO3S/c1-3-23-16-10-5-4-9-15(16)20-18(21)17(24-19(20)22)12-14-8-6-7-13(2)11-14/h4-12H,3H2,1-2H3/b17-12-. The molecular formula is C19H17NO3S. The lowest BCUT2D eigenvalue weighted by atomic mass is 10.1. The highest BCUT2D eigenvalue weighted by Crippen LogP contribution is 2.39. The second-order valence-electron chi connectivity index (χ2n) is 5.33. The zero-order valence-electron chi connectivity index (χ0n) is 13.5. The molecule has 3 rings (SSSR count). The monoisotopic (exact) mass is 339 g/mol. The molecule has 0 atom stereocenters. The molecule has 1 heterocycles. The Balaban J connectivity index is 1.95. The third-order valence-electron chi connectivity index (χ3n) is 3.54. The normalized spacial score (nSPS) is 16.1. The van der Waals surface area contributed by atoms with Crippen molar-refractivity contribution in [3.63, 3.8) is 0 Å². The van der Waals surface area contributed by atoms with E-state index < -0.39 is 0 Å². The molecule has 2 aromatic carbocycles. The molecule has 2 aromatic rings. The molecule has 4 nitrogen and oxygen atoms in total. The lowest BCUT2D eigenvalue weighted by Crippen LogP contribution is -2.28. The fraction of sp³-hybridized carbons (Fsp3) is 0.158. The van der Waals surface area contributed by atoms with Gasteiger partial charge in [-0.1, -0.05) is 42.0 Å². The van der Waals surface area contributed by atoms with E-state index in [2.05, 4.69) is 0 Å². The maximum atomic E-state index is 12.7. The SMILES string of the molecule is CCOc1ccccc1N1C(=O)S/C(=C\c2cccc(C)c2)C1=O. The first-order valence-corrected chi connectivity index (χ1v) is 8.48. The van der Waals surface area contributed by atoms with Gasteiger partial charge in [-0.3, -0.25) is 9.59 Å². The average Bonchev–Trinajstić information content (AvgIpc) is 2.82. The minimum Gasteiger partial charge on any atom is -0.492 e. The Bertz CT molecular complexity index is 829. The smallest absolute Gasteiger partial charge is 0.298 e. The molecule has 0 aliphatic carbocycles. The molecule has 2 amide bonds. The summed E-state index contributed by atoms with van der Waals surface area (Å²) < 4.78 is 5.54.